The Morgan fingerprint density at radius 3 is 2.62 bits per heavy atom. The normalized spacial score (nSPS) is 39.8. The van der Waals surface area contributed by atoms with Gasteiger partial charge in [0.25, 0.3) is 0 Å². The number of rotatable bonds is 0. The van der Waals surface area contributed by atoms with Crippen molar-refractivity contribution in [1.29, 1.82) is 0 Å². The van der Waals surface area contributed by atoms with Crippen molar-refractivity contribution >= 4 is 0 Å². The van der Waals surface area contributed by atoms with Crippen LogP contribution in [0, 0.1) is 12.3 Å². The Labute approximate surface area is 50.7 Å². The average molecular weight is 113 g/mol. The quantitative estimate of drug-likeness (QED) is 0.503. The second-order valence-corrected chi connectivity index (χ2v) is 2.67. The van der Waals surface area contributed by atoms with Crippen LogP contribution in [0.3, 0.4) is 0 Å². The van der Waals surface area contributed by atoms with Gasteiger partial charge in [0.2, 0.25) is 0 Å². The molecule has 1 radical (unpaired) electrons. The van der Waals surface area contributed by atoms with Crippen molar-refractivity contribution < 1.29 is 5.11 Å². The van der Waals surface area contributed by atoms with Crippen LogP contribution in [-0.2, 0) is 0 Å². The van der Waals surface area contributed by atoms with Crippen LogP contribution in [-0.4, -0.2) is 11.2 Å². The van der Waals surface area contributed by atoms with Crippen LogP contribution in [0.1, 0.15) is 26.2 Å². The zero-order valence-electron chi connectivity index (χ0n) is 5.30. The molecule has 0 unspecified atom stereocenters. The third kappa shape index (κ3) is 1.48. The maximum absolute atomic E-state index is 9.02. The van der Waals surface area contributed by atoms with Gasteiger partial charge >= 0.3 is 0 Å². The van der Waals surface area contributed by atoms with Gasteiger partial charge in [-0.05, 0) is 18.8 Å². The van der Waals surface area contributed by atoms with Crippen LogP contribution in [0.4, 0.5) is 0 Å². The van der Waals surface area contributed by atoms with Gasteiger partial charge in [0.05, 0.1) is 6.10 Å². The van der Waals surface area contributed by atoms with Crippen molar-refractivity contribution in [2.45, 2.75) is 32.3 Å². The lowest BCUT2D eigenvalue weighted by Gasteiger charge is -2.21. The van der Waals surface area contributed by atoms with Crippen LogP contribution in [0.5, 0.6) is 0 Å². The lowest BCUT2D eigenvalue weighted by Crippen LogP contribution is -2.17. The largest absolute Gasteiger partial charge is 0.393 e. The molecule has 0 spiro atoms. The highest BCUT2D eigenvalue weighted by atomic mass is 16.3. The summed E-state index contributed by atoms with van der Waals surface area (Å²) in [7, 11) is 0. The first kappa shape index (κ1) is 6.09. The molecule has 0 bridgehead atoms. The average Bonchev–Trinajstić information content (AvgIpc) is 1.64. The predicted octanol–water partition coefficient (Wildman–Crippen LogP) is 1.37. The molecule has 1 saturated carbocycles. The Morgan fingerprint density at radius 1 is 1.50 bits per heavy atom. The van der Waals surface area contributed by atoms with Crippen molar-refractivity contribution in [2.75, 3.05) is 0 Å². The molecule has 2 atom stereocenters. The smallest absolute Gasteiger partial charge is 0.0574 e. The van der Waals surface area contributed by atoms with Gasteiger partial charge in [-0.2, -0.15) is 0 Å². The Morgan fingerprint density at radius 2 is 2.25 bits per heavy atom. The summed E-state index contributed by atoms with van der Waals surface area (Å²) in [5.41, 5.74) is 0. The van der Waals surface area contributed by atoms with Gasteiger partial charge in [-0.1, -0.05) is 19.8 Å². The maximum Gasteiger partial charge on any atom is 0.0574 e. The Kier molecular flexibility index (Phi) is 1.90. The fraction of sp³-hybridized carbons (Fsp3) is 0.857. The third-order valence-corrected chi connectivity index (χ3v) is 1.71. The van der Waals surface area contributed by atoms with E-state index in [4.69, 9.17) is 5.11 Å². The molecule has 1 aliphatic rings. The Hall–Kier alpha value is -0.0400. The fourth-order valence-corrected chi connectivity index (χ4v) is 1.22. The summed E-state index contributed by atoms with van der Waals surface area (Å²) in [6.07, 6.45) is 5.35. The molecule has 1 rings (SSSR count). The molecule has 1 heteroatoms. The molecule has 47 valence electrons. The first-order chi connectivity index (χ1) is 3.79. The molecule has 0 aromatic rings. The lowest BCUT2D eigenvalue weighted by atomic mass is 9.89. The summed E-state index contributed by atoms with van der Waals surface area (Å²) in [6, 6.07) is 0. The zero-order chi connectivity index (χ0) is 5.98. The van der Waals surface area contributed by atoms with E-state index in [2.05, 4.69) is 6.92 Å². The highest BCUT2D eigenvalue weighted by molar-refractivity contribution is 4.85. The first-order valence-corrected chi connectivity index (χ1v) is 3.32. The molecule has 0 aromatic heterocycles. The van der Waals surface area contributed by atoms with Crippen molar-refractivity contribution in [2.24, 2.45) is 5.92 Å². The van der Waals surface area contributed by atoms with E-state index in [0.717, 1.165) is 6.42 Å². The van der Waals surface area contributed by atoms with Crippen LogP contribution in [0.15, 0.2) is 0 Å². The molecule has 8 heavy (non-hydrogen) atoms. The standard InChI is InChI=1S/C7H13O/c1-6-3-2-4-7(8)5-6/h5-8H,2-4H2,1H3/t6-,7-/m0/s1. The van der Waals surface area contributed by atoms with Gasteiger partial charge in [-0.3, -0.25) is 0 Å². The maximum atomic E-state index is 9.02. The van der Waals surface area contributed by atoms with E-state index < -0.39 is 0 Å². The van der Waals surface area contributed by atoms with Crippen LogP contribution >= 0.6 is 0 Å². The minimum Gasteiger partial charge on any atom is -0.393 e. The van der Waals surface area contributed by atoms with Crippen molar-refractivity contribution in [1.82, 2.24) is 0 Å². The minimum atomic E-state index is -0.112. The van der Waals surface area contributed by atoms with E-state index in [1.807, 2.05) is 6.42 Å². The molecule has 1 N–H and O–H groups in total. The first-order valence-electron chi connectivity index (χ1n) is 3.32. The molecular formula is C7H13O. The zero-order valence-corrected chi connectivity index (χ0v) is 5.30. The van der Waals surface area contributed by atoms with Crippen LogP contribution in [0.2, 0.25) is 0 Å². The molecule has 0 aliphatic heterocycles. The van der Waals surface area contributed by atoms with Gasteiger partial charge < -0.3 is 5.11 Å². The number of aliphatic hydroxyl groups is 1. The topological polar surface area (TPSA) is 20.2 Å². The second kappa shape index (κ2) is 2.49. The molecule has 1 fully saturated rings. The summed E-state index contributed by atoms with van der Waals surface area (Å²) in [5, 5.41) is 9.02. The summed E-state index contributed by atoms with van der Waals surface area (Å²) in [4.78, 5) is 0. The number of hydrogen-bond acceptors (Lipinski definition) is 1. The minimum absolute atomic E-state index is 0.112. The van der Waals surface area contributed by atoms with E-state index in [9.17, 15) is 0 Å². The SMILES string of the molecule is C[C@@H]1[CH][C@@H](O)CCC1. The molecular weight excluding hydrogens is 100 g/mol. The van der Waals surface area contributed by atoms with Gasteiger partial charge in [-0.15, -0.1) is 0 Å². The molecule has 0 heterocycles. The van der Waals surface area contributed by atoms with Gasteiger partial charge in [0.1, 0.15) is 0 Å². The number of aliphatic hydroxyl groups excluding tert-OH is 1. The fourth-order valence-electron chi connectivity index (χ4n) is 1.22. The van der Waals surface area contributed by atoms with Crippen molar-refractivity contribution in [3.05, 3.63) is 6.42 Å². The van der Waals surface area contributed by atoms with Gasteiger partial charge in [0.15, 0.2) is 0 Å². The third-order valence-electron chi connectivity index (χ3n) is 1.71. The van der Waals surface area contributed by atoms with Gasteiger partial charge in [-0.25, -0.2) is 0 Å². The summed E-state index contributed by atoms with van der Waals surface area (Å²) in [5.74, 6) is 0.638. The second-order valence-electron chi connectivity index (χ2n) is 2.67. The summed E-state index contributed by atoms with van der Waals surface area (Å²) >= 11 is 0. The van der Waals surface area contributed by atoms with E-state index in [0.29, 0.717) is 5.92 Å². The molecule has 0 amide bonds. The lowest BCUT2D eigenvalue weighted by molar-refractivity contribution is 0.158. The van der Waals surface area contributed by atoms with Crippen molar-refractivity contribution in [3.63, 3.8) is 0 Å². The molecule has 0 aromatic carbocycles. The monoisotopic (exact) mass is 113 g/mol. The summed E-state index contributed by atoms with van der Waals surface area (Å²) in [6.45, 7) is 2.16. The summed E-state index contributed by atoms with van der Waals surface area (Å²) < 4.78 is 0. The highest BCUT2D eigenvalue weighted by Crippen LogP contribution is 2.21. The van der Waals surface area contributed by atoms with Gasteiger partial charge in [0, 0.05) is 0 Å². The highest BCUT2D eigenvalue weighted by Gasteiger charge is 2.15. The molecule has 1 aliphatic carbocycles. The van der Waals surface area contributed by atoms with E-state index in [1.165, 1.54) is 12.8 Å². The van der Waals surface area contributed by atoms with E-state index in [-0.39, 0.29) is 6.10 Å². The molecule has 0 saturated heterocycles. The van der Waals surface area contributed by atoms with E-state index >= 15 is 0 Å². The van der Waals surface area contributed by atoms with Crippen molar-refractivity contribution in [3.8, 4) is 0 Å². The molecule has 1 nitrogen and oxygen atoms in total. The Bertz CT molecular complexity index is 62.8. The van der Waals surface area contributed by atoms with Crippen LogP contribution in [0.25, 0.3) is 0 Å². The van der Waals surface area contributed by atoms with Crippen LogP contribution < -0.4 is 0 Å². The van der Waals surface area contributed by atoms with E-state index in [1.54, 1.807) is 0 Å². The predicted molar refractivity (Wildman–Crippen MR) is 33.3 cm³/mol. The Balaban J connectivity index is 2.23. The number of hydrogen-bond donors (Lipinski definition) is 1.